The maximum Gasteiger partial charge on any atom is 0.234 e. The second-order valence-electron chi connectivity index (χ2n) is 2.74. The van der Waals surface area contributed by atoms with Crippen LogP contribution in [-0.4, -0.2) is 11.7 Å². The normalized spacial score (nSPS) is 10.1. The van der Waals surface area contributed by atoms with E-state index in [1.165, 1.54) is 23.9 Å². The summed E-state index contributed by atoms with van der Waals surface area (Å²) in [6.45, 7) is 0. The molecule has 0 unspecified atom stereocenters. The number of hydrazine groups is 1. The molecule has 82 valence electrons. The second kappa shape index (κ2) is 5.95. The van der Waals surface area contributed by atoms with Crippen LogP contribution in [0.3, 0.4) is 0 Å². The van der Waals surface area contributed by atoms with Crippen LogP contribution >= 0.6 is 23.4 Å². The topological polar surface area (TPSA) is 55.1 Å². The van der Waals surface area contributed by atoms with Gasteiger partial charge in [0.2, 0.25) is 5.91 Å². The van der Waals surface area contributed by atoms with Gasteiger partial charge in [-0.3, -0.25) is 10.2 Å². The van der Waals surface area contributed by atoms with Gasteiger partial charge in [-0.25, -0.2) is 10.2 Å². The predicted octanol–water partition coefficient (Wildman–Crippen LogP) is 1.95. The highest BCUT2D eigenvalue weighted by atomic mass is 35.5. The fourth-order valence-electron chi connectivity index (χ4n) is 0.900. The van der Waals surface area contributed by atoms with Crippen molar-refractivity contribution in [1.82, 2.24) is 5.43 Å². The number of rotatable bonds is 4. The fraction of sp³-hybridized carbons (Fsp3) is 0.222. The molecule has 3 nitrogen and oxygen atoms in total. The Morgan fingerprint density at radius 3 is 2.93 bits per heavy atom. The number of carbonyl (C=O) groups excluding carboxylic acids is 1. The minimum Gasteiger partial charge on any atom is -0.294 e. The van der Waals surface area contributed by atoms with E-state index in [0.717, 1.165) is 4.90 Å². The minimum absolute atomic E-state index is 0.0864. The molecule has 3 N–H and O–H groups in total. The molecular formula is C9H10ClFN2OS. The van der Waals surface area contributed by atoms with E-state index in [0.29, 0.717) is 12.2 Å². The quantitative estimate of drug-likeness (QED) is 0.371. The monoisotopic (exact) mass is 248 g/mol. The molecule has 0 fully saturated rings. The molecule has 0 aliphatic carbocycles. The van der Waals surface area contributed by atoms with Gasteiger partial charge in [-0.1, -0.05) is 11.6 Å². The third-order valence-corrected chi connectivity index (χ3v) is 2.94. The van der Waals surface area contributed by atoms with E-state index < -0.39 is 5.82 Å². The zero-order valence-corrected chi connectivity index (χ0v) is 9.37. The van der Waals surface area contributed by atoms with Crippen molar-refractivity contribution < 1.29 is 9.18 Å². The number of hydrogen-bond acceptors (Lipinski definition) is 3. The third kappa shape index (κ3) is 4.07. The van der Waals surface area contributed by atoms with Gasteiger partial charge in [0.1, 0.15) is 5.82 Å². The average molecular weight is 249 g/mol. The maximum atomic E-state index is 12.8. The van der Waals surface area contributed by atoms with Crippen LogP contribution in [0.1, 0.15) is 6.42 Å². The molecule has 1 rings (SSSR count). The Labute approximate surface area is 96.1 Å². The van der Waals surface area contributed by atoms with Crippen LogP contribution in [0.4, 0.5) is 4.39 Å². The Morgan fingerprint density at radius 1 is 1.60 bits per heavy atom. The van der Waals surface area contributed by atoms with E-state index in [4.69, 9.17) is 17.4 Å². The van der Waals surface area contributed by atoms with Crippen LogP contribution in [0.2, 0.25) is 5.02 Å². The van der Waals surface area contributed by atoms with Gasteiger partial charge in [0, 0.05) is 17.1 Å². The number of halogens is 2. The molecule has 0 radical (unpaired) electrons. The number of carbonyl (C=O) groups is 1. The van der Waals surface area contributed by atoms with Gasteiger partial charge in [-0.05, 0) is 18.2 Å². The number of nitrogens with one attached hydrogen (secondary N) is 1. The zero-order chi connectivity index (χ0) is 11.3. The van der Waals surface area contributed by atoms with Crippen molar-refractivity contribution in [2.24, 2.45) is 5.84 Å². The van der Waals surface area contributed by atoms with E-state index >= 15 is 0 Å². The summed E-state index contributed by atoms with van der Waals surface area (Å²) in [4.78, 5) is 11.6. The molecule has 1 aromatic rings. The first-order chi connectivity index (χ1) is 7.13. The van der Waals surface area contributed by atoms with Gasteiger partial charge in [-0.15, -0.1) is 11.8 Å². The summed E-state index contributed by atoms with van der Waals surface area (Å²) in [5.41, 5.74) is 2.03. The van der Waals surface area contributed by atoms with Crippen molar-refractivity contribution in [2.75, 3.05) is 5.75 Å². The number of amides is 1. The predicted molar refractivity (Wildman–Crippen MR) is 59.1 cm³/mol. The minimum atomic E-state index is -0.444. The highest BCUT2D eigenvalue weighted by Gasteiger charge is 2.03. The summed E-state index contributed by atoms with van der Waals surface area (Å²) in [6.07, 6.45) is 0.316. The van der Waals surface area contributed by atoms with Crippen LogP contribution < -0.4 is 11.3 Å². The lowest BCUT2D eigenvalue weighted by atomic mass is 10.3. The largest absolute Gasteiger partial charge is 0.294 e. The van der Waals surface area contributed by atoms with Crippen molar-refractivity contribution in [1.29, 1.82) is 0 Å². The number of nitrogens with two attached hydrogens (primary N) is 1. The fourth-order valence-corrected chi connectivity index (χ4v) is 2.03. The highest BCUT2D eigenvalue weighted by Crippen LogP contribution is 2.24. The Hall–Kier alpha value is -0.780. The van der Waals surface area contributed by atoms with Crippen molar-refractivity contribution in [3.63, 3.8) is 0 Å². The number of thioether (sulfide) groups is 1. The molecule has 0 heterocycles. The van der Waals surface area contributed by atoms with E-state index in [1.807, 2.05) is 5.43 Å². The van der Waals surface area contributed by atoms with Crippen molar-refractivity contribution in [2.45, 2.75) is 11.3 Å². The Kier molecular flexibility index (Phi) is 4.87. The van der Waals surface area contributed by atoms with Crippen LogP contribution in [0, 0.1) is 5.82 Å². The Balaban J connectivity index is 2.44. The van der Waals surface area contributed by atoms with E-state index in [2.05, 4.69) is 0 Å². The van der Waals surface area contributed by atoms with E-state index in [9.17, 15) is 9.18 Å². The van der Waals surface area contributed by atoms with Crippen LogP contribution in [0.25, 0.3) is 0 Å². The molecule has 0 saturated carbocycles. The Morgan fingerprint density at radius 2 is 2.33 bits per heavy atom. The first-order valence-corrected chi connectivity index (χ1v) is 5.57. The second-order valence-corrected chi connectivity index (χ2v) is 4.32. The van der Waals surface area contributed by atoms with Gasteiger partial charge in [-0.2, -0.15) is 0 Å². The first kappa shape index (κ1) is 12.3. The standard InChI is InChI=1S/C9H10ClFN2OS/c10-7-5-6(1-2-8(7)11)15-4-3-9(14)13-12/h1-2,5H,3-4,12H2,(H,13,14). The van der Waals surface area contributed by atoms with Crippen LogP contribution in [-0.2, 0) is 4.79 Å². The molecule has 15 heavy (non-hydrogen) atoms. The SMILES string of the molecule is NNC(=O)CCSc1ccc(F)c(Cl)c1. The molecule has 0 aliphatic rings. The van der Waals surface area contributed by atoms with Gasteiger partial charge in [0.15, 0.2) is 0 Å². The molecule has 0 atom stereocenters. The molecular weight excluding hydrogens is 239 g/mol. The first-order valence-electron chi connectivity index (χ1n) is 4.21. The van der Waals surface area contributed by atoms with Crippen molar-refractivity contribution in [3.8, 4) is 0 Å². The van der Waals surface area contributed by atoms with Crippen LogP contribution in [0.5, 0.6) is 0 Å². The lowest BCUT2D eigenvalue weighted by molar-refractivity contribution is -0.120. The van der Waals surface area contributed by atoms with Crippen LogP contribution in [0.15, 0.2) is 23.1 Å². The summed E-state index contributed by atoms with van der Waals surface area (Å²) in [7, 11) is 0. The molecule has 1 aromatic carbocycles. The molecule has 0 spiro atoms. The van der Waals surface area contributed by atoms with Gasteiger partial charge < -0.3 is 0 Å². The summed E-state index contributed by atoms with van der Waals surface area (Å²) < 4.78 is 12.8. The van der Waals surface area contributed by atoms with Gasteiger partial charge >= 0.3 is 0 Å². The molecule has 1 amide bonds. The average Bonchev–Trinajstić information content (AvgIpc) is 2.23. The van der Waals surface area contributed by atoms with Crippen molar-refractivity contribution in [3.05, 3.63) is 29.0 Å². The summed E-state index contributed by atoms with van der Waals surface area (Å²) in [5.74, 6) is 4.82. The molecule has 0 saturated heterocycles. The third-order valence-electron chi connectivity index (χ3n) is 1.65. The van der Waals surface area contributed by atoms with Gasteiger partial charge in [0.05, 0.1) is 5.02 Å². The molecule has 0 aromatic heterocycles. The number of hydrogen-bond donors (Lipinski definition) is 2. The Bertz CT molecular complexity index is 362. The summed E-state index contributed by atoms with van der Waals surface area (Å²) in [6, 6.07) is 4.45. The van der Waals surface area contributed by atoms with E-state index in [1.54, 1.807) is 6.07 Å². The highest BCUT2D eigenvalue weighted by molar-refractivity contribution is 7.99. The lowest BCUT2D eigenvalue weighted by Crippen LogP contribution is -2.30. The molecule has 0 aliphatic heterocycles. The lowest BCUT2D eigenvalue weighted by Gasteiger charge is -2.02. The van der Waals surface area contributed by atoms with Gasteiger partial charge in [0.25, 0.3) is 0 Å². The summed E-state index contributed by atoms with van der Waals surface area (Å²) in [5, 5.41) is 0.0864. The molecule has 0 bridgehead atoms. The number of benzene rings is 1. The molecule has 6 heteroatoms. The zero-order valence-electron chi connectivity index (χ0n) is 7.80. The van der Waals surface area contributed by atoms with E-state index in [-0.39, 0.29) is 10.9 Å². The van der Waals surface area contributed by atoms with Crippen molar-refractivity contribution >= 4 is 29.3 Å². The smallest absolute Gasteiger partial charge is 0.234 e. The summed E-state index contributed by atoms with van der Waals surface area (Å²) >= 11 is 7.01. The maximum absolute atomic E-state index is 12.8.